The third-order valence-corrected chi connectivity index (χ3v) is 5.44. The number of hydrogen-bond donors (Lipinski definition) is 2. The summed E-state index contributed by atoms with van der Waals surface area (Å²) in [5, 5.41) is 11.1. The maximum atomic E-state index is 12.8. The van der Waals surface area contributed by atoms with Crippen LogP contribution in [-0.2, 0) is 17.8 Å². The molecule has 0 saturated carbocycles. The van der Waals surface area contributed by atoms with E-state index in [1.807, 2.05) is 17.6 Å². The molecule has 2 aromatic heterocycles. The van der Waals surface area contributed by atoms with Crippen molar-refractivity contribution in [2.45, 2.75) is 38.6 Å². The van der Waals surface area contributed by atoms with Crippen molar-refractivity contribution in [3.63, 3.8) is 0 Å². The number of benzene rings is 1. The molecule has 6 heteroatoms. The second-order valence-electron chi connectivity index (χ2n) is 6.92. The van der Waals surface area contributed by atoms with Gasteiger partial charge in [0.25, 0.3) is 5.56 Å². The number of hydrogen-bond acceptors (Lipinski definition) is 3. The van der Waals surface area contributed by atoms with Crippen molar-refractivity contribution >= 4 is 22.6 Å². The molecule has 0 bridgehead atoms. The van der Waals surface area contributed by atoms with Crippen LogP contribution in [0, 0.1) is 6.92 Å². The van der Waals surface area contributed by atoms with Crippen LogP contribution in [0.15, 0.2) is 29.1 Å². The molecular formula is C19H18N4O2. The molecule has 0 fully saturated rings. The first kappa shape index (κ1) is 14.5. The summed E-state index contributed by atoms with van der Waals surface area (Å²) in [6.45, 7) is 2.71. The van der Waals surface area contributed by atoms with Crippen LogP contribution in [0.4, 0.5) is 5.82 Å². The molecule has 1 atom stereocenters. The van der Waals surface area contributed by atoms with Crippen molar-refractivity contribution < 1.29 is 4.79 Å². The largest absolute Gasteiger partial charge is 0.309 e. The molecule has 0 radical (unpaired) electrons. The van der Waals surface area contributed by atoms with Gasteiger partial charge in [0.15, 0.2) is 5.82 Å². The summed E-state index contributed by atoms with van der Waals surface area (Å²) in [6, 6.07) is 7.94. The van der Waals surface area contributed by atoms with E-state index in [9.17, 15) is 9.59 Å². The van der Waals surface area contributed by atoms with Crippen molar-refractivity contribution in [2.75, 3.05) is 5.32 Å². The number of rotatable bonds is 1. The van der Waals surface area contributed by atoms with Crippen LogP contribution in [0.2, 0.25) is 0 Å². The lowest BCUT2D eigenvalue weighted by Crippen LogP contribution is -2.28. The Kier molecular flexibility index (Phi) is 2.92. The highest BCUT2D eigenvalue weighted by Crippen LogP contribution is 2.40. The molecule has 2 aliphatic rings. The van der Waals surface area contributed by atoms with E-state index in [0.717, 1.165) is 47.1 Å². The number of para-hydroxylation sites is 1. The average Bonchev–Trinajstić information content (AvgIpc) is 2.98. The average molecular weight is 334 g/mol. The number of aryl methyl sites for hydroxylation is 3. The number of aromatic amines is 1. The highest BCUT2D eigenvalue weighted by atomic mass is 16.1. The van der Waals surface area contributed by atoms with E-state index in [1.54, 1.807) is 6.07 Å². The number of anilines is 1. The van der Waals surface area contributed by atoms with E-state index < -0.39 is 0 Å². The van der Waals surface area contributed by atoms with Crippen LogP contribution in [0.5, 0.6) is 0 Å². The third-order valence-electron chi connectivity index (χ3n) is 5.44. The van der Waals surface area contributed by atoms with E-state index in [-0.39, 0.29) is 17.4 Å². The zero-order chi connectivity index (χ0) is 17.1. The molecule has 2 aliphatic heterocycles. The summed E-state index contributed by atoms with van der Waals surface area (Å²) in [7, 11) is 0. The first-order chi connectivity index (χ1) is 12.1. The lowest BCUT2D eigenvalue weighted by molar-refractivity contribution is -0.116. The van der Waals surface area contributed by atoms with Crippen molar-refractivity contribution in [2.24, 2.45) is 0 Å². The molecule has 0 aliphatic carbocycles. The number of aromatic nitrogens is 3. The smallest absolute Gasteiger partial charge is 0.251 e. The van der Waals surface area contributed by atoms with Gasteiger partial charge in [-0.2, -0.15) is 5.10 Å². The SMILES string of the molecule is Cc1[nH]nc2c1C(c1cc(=O)n3c4c(cccc14)CCC3)CC(=O)N2. The standard InChI is InChI=1S/C19H18N4O2/c1-10-17-14(8-15(24)20-19(17)22-21-10)13-9-16(25)23-7-3-5-11-4-2-6-12(13)18(11)23/h2,4,6,9,14H,3,5,7-8H2,1H3,(H2,20,21,22,24). The maximum absolute atomic E-state index is 12.8. The van der Waals surface area contributed by atoms with Crippen molar-refractivity contribution in [3.8, 4) is 0 Å². The summed E-state index contributed by atoms with van der Waals surface area (Å²) in [5.74, 6) is 0.367. The molecule has 4 heterocycles. The van der Waals surface area contributed by atoms with Gasteiger partial charge in [-0.3, -0.25) is 14.7 Å². The van der Waals surface area contributed by atoms with Crippen molar-refractivity contribution in [3.05, 3.63) is 57.0 Å². The number of nitrogens with one attached hydrogen (secondary N) is 2. The Labute approximate surface area is 143 Å². The van der Waals surface area contributed by atoms with Crippen molar-refractivity contribution in [1.82, 2.24) is 14.8 Å². The minimum atomic E-state index is -0.151. The number of carbonyl (C=O) groups excluding carboxylic acids is 1. The number of fused-ring (bicyclic) bond motifs is 1. The Morgan fingerprint density at radius 1 is 1.28 bits per heavy atom. The van der Waals surface area contributed by atoms with E-state index >= 15 is 0 Å². The molecular weight excluding hydrogens is 316 g/mol. The van der Waals surface area contributed by atoms with Gasteiger partial charge in [-0.25, -0.2) is 0 Å². The van der Waals surface area contributed by atoms with Gasteiger partial charge >= 0.3 is 0 Å². The van der Waals surface area contributed by atoms with E-state index in [2.05, 4.69) is 27.6 Å². The molecule has 2 N–H and O–H groups in total. The fourth-order valence-corrected chi connectivity index (χ4v) is 4.38. The molecule has 1 aromatic carbocycles. The Morgan fingerprint density at radius 2 is 2.16 bits per heavy atom. The monoisotopic (exact) mass is 334 g/mol. The van der Waals surface area contributed by atoms with Crippen LogP contribution in [-0.4, -0.2) is 20.7 Å². The van der Waals surface area contributed by atoms with Gasteiger partial charge in [0.1, 0.15) is 0 Å². The minimum Gasteiger partial charge on any atom is -0.309 e. The van der Waals surface area contributed by atoms with Crippen LogP contribution in [0.3, 0.4) is 0 Å². The summed E-state index contributed by atoms with van der Waals surface area (Å²) in [5.41, 5.74) is 5.11. The Morgan fingerprint density at radius 3 is 3.04 bits per heavy atom. The number of carbonyl (C=O) groups is 1. The molecule has 5 rings (SSSR count). The van der Waals surface area contributed by atoms with Gasteiger partial charge in [-0.1, -0.05) is 18.2 Å². The Balaban J connectivity index is 1.84. The van der Waals surface area contributed by atoms with Gasteiger partial charge in [0.05, 0.1) is 5.52 Å². The minimum absolute atomic E-state index is 0.0170. The lowest BCUT2D eigenvalue weighted by atomic mass is 9.83. The second kappa shape index (κ2) is 5.05. The normalized spacial score (nSPS) is 18.9. The Bertz CT molecular complexity index is 1090. The summed E-state index contributed by atoms with van der Waals surface area (Å²) < 4.78 is 1.88. The predicted molar refractivity (Wildman–Crippen MR) is 94.9 cm³/mol. The number of H-pyrrole nitrogens is 1. The summed E-state index contributed by atoms with van der Waals surface area (Å²) >= 11 is 0. The number of amides is 1. The summed E-state index contributed by atoms with van der Waals surface area (Å²) in [6.07, 6.45) is 2.31. The highest BCUT2D eigenvalue weighted by molar-refractivity contribution is 5.96. The van der Waals surface area contributed by atoms with Crippen molar-refractivity contribution in [1.29, 1.82) is 0 Å². The zero-order valence-electron chi connectivity index (χ0n) is 13.9. The second-order valence-corrected chi connectivity index (χ2v) is 6.92. The van der Waals surface area contributed by atoms with Crippen LogP contribution >= 0.6 is 0 Å². The molecule has 0 spiro atoms. The predicted octanol–water partition coefficient (Wildman–Crippen LogP) is 2.45. The van der Waals surface area contributed by atoms with Gasteiger partial charge in [0, 0.05) is 41.6 Å². The molecule has 0 saturated heterocycles. The quantitative estimate of drug-likeness (QED) is 0.717. The first-order valence-electron chi connectivity index (χ1n) is 8.63. The van der Waals surface area contributed by atoms with E-state index in [1.165, 1.54) is 5.56 Å². The number of nitrogens with zero attached hydrogens (tertiary/aromatic N) is 2. The van der Waals surface area contributed by atoms with E-state index in [4.69, 9.17) is 0 Å². The van der Waals surface area contributed by atoms with Gasteiger partial charge in [-0.05, 0) is 30.9 Å². The lowest BCUT2D eigenvalue weighted by Gasteiger charge is -2.26. The number of pyridine rings is 1. The molecule has 1 unspecified atom stereocenters. The highest BCUT2D eigenvalue weighted by Gasteiger charge is 2.32. The van der Waals surface area contributed by atoms with E-state index in [0.29, 0.717) is 12.2 Å². The summed E-state index contributed by atoms with van der Waals surface area (Å²) in [4.78, 5) is 25.0. The van der Waals surface area contributed by atoms with Crippen LogP contribution in [0.25, 0.3) is 10.9 Å². The topological polar surface area (TPSA) is 79.8 Å². The fraction of sp³-hybridized carbons (Fsp3) is 0.316. The Hall–Kier alpha value is -2.89. The fourth-order valence-electron chi connectivity index (χ4n) is 4.38. The molecule has 25 heavy (non-hydrogen) atoms. The maximum Gasteiger partial charge on any atom is 0.251 e. The third kappa shape index (κ3) is 2.00. The molecule has 6 nitrogen and oxygen atoms in total. The molecule has 126 valence electrons. The molecule has 3 aromatic rings. The van der Waals surface area contributed by atoms with Gasteiger partial charge in [0.2, 0.25) is 5.91 Å². The zero-order valence-corrected chi connectivity index (χ0v) is 13.9. The van der Waals surface area contributed by atoms with Crippen LogP contribution in [0.1, 0.15) is 41.1 Å². The molecule has 1 amide bonds. The van der Waals surface area contributed by atoms with Gasteiger partial charge in [-0.15, -0.1) is 0 Å². The van der Waals surface area contributed by atoms with Gasteiger partial charge < -0.3 is 9.88 Å². The first-order valence-corrected chi connectivity index (χ1v) is 8.63. The van der Waals surface area contributed by atoms with Crippen LogP contribution < -0.4 is 10.9 Å².